The smallest absolute Gasteiger partial charge is 0.275 e. The number of hydrogen-bond acceptors (Lipinski definition) is 5. The van der Waals surface area contributed by atoms with Crippen LogP contribution in [0.1, 0.15) is 10.5 Å². The van der Waals surface area contributed by atoms with Crippen molar-refractivity contribution in [2.24, 2.45) is 5.14 Å². The van der Waals surface area contributed by atoms with E-state index in [2.05, 4.69) is 10.3 Å². The van der Waals surface area contributed by atoms with Gasteiger partial charge in [-0.3, -0.25) is 4.79 Å². The van der Waals surface area contributed by atoms with Gasteiger partial charge in [-0.15, -0.1) is 11.3 Å². The number of nitrogens with two attached hydrogens (primary N) is 1. The van der Waals surface area contributed by atoms with Gasteiger partial charge in [-0.25, -0.2) is 18.5 Å². The number of aromatic nitrogens is 1. The summed E-state index contributed by atoms with van der Waals surface area (Å²) in [6.45, 7) is 0. The first-order chi connectivity index (χ1) is 8.47. The van der Waals surface area contributed by atoms with E-state index in [0.29, 0.717) is 5.69 Å². The van der Waals surface area contributed by atoms with Crippen LogP contribution in [0.2, 0.25) is 0 Å². The predicted molar refractivity (Wildman–Crippen MR) is 67.9 cm³/mol. The lowest BCUT2D eigenvalue weighted by molar-refractivity contribution is 0.102. The summed E-state index contributed by atoms with van der Waals surface area (Å²) in [6, 6.07) is 5.71. The highest BCUT2D eigenvalue weighted by Gasteiger charge is 2.11. The number of carbonyl (C=O) groups excluding carboxylic acids is 1. The maximum absolute atomic E-state index is 11.7. The van der Waals surface area contributed by atoms with Crippen LogP contribution in [0.15, 0.2) is 40.1 Å². The fraction of sp³-hybridized carbons (Fsp3) is 0. The van der Waals surface area contributed by atoms with E-state index in [1.165, 1.54) is 35.0 Å². The molecule has 0 unspecified atom stereocenters. The van der Waals surface area contributed by atoms with Crippen LogP contribution in [-0.4, -0.2) is 19.3 Å². The normalized spacial score (nSPS) is 11.2. The summed E-state index contributed by atoms with van der Waals surface area (Å²) in [6.07, 6.45) is 0. The minimum Gasteiger partial charge on any atom is -0.321 e. The fourth-order valence-corrected chi connectivity index (χ4v) is 2.36. The van der Waals surface area contributed by atoms with Crippen molar-refractivity contribution in [3.05, 3.63) is 40.8 Å². The largest absolute Gasteiger partial charge is 0.321 e. The second-order valence-electron chi connectivity index (χ2n) is 3.40. The minimum absolute atomic E-state index is 0.0569. The molecular weight excluding hydrogens is 274 g/mol. The van der Waals surface area contributed by atoms with E-state index >= 15 is 0 Å². The molecule has 1 aromatic carbocycles. The average Bonchev–Trinajstić information content (AvgIpc) is 2.81. The molecule has 1 aromatic heterocycles. The van der Waals surface area contributed by atoms with Crippen LogP contribution >= 0.6 is 11.3 Å². The summed E-state index contributed by atoms with van der Waals surface area (Å²) in [4.78, 5) is 15.5. The van der Waals surface area contributed by atoms with E-state index in [1.54, 1.807) is 11.4 Å². The van der Waals surface area contributed by atoms with Gasteiger partial charge in [-0.05, 0) is 18.2 Å². The fourth-order valence-electron chi connectivity index (χ4n) is 1.27. The van der Waals surface area contributed by atoms with Crippen molar-refractivity contribution in [3.8, 4) is 0 Å². The molecule has 18 heavy (non-hydrogen) atoms. The van der Waals surface area contributed by atoms with Crippen molar-refractivity contribution in [2.75, 3.05) is 5.32 Å². The molecule has 0 bridgehead atoms. The number of nitrogens with one attached hydrogen (secondary N) is 1. The molecule has 94 valence electrons. The van der Waals surface area contributed by atoms with E-state index in [1.807, 2.05) is 0 Å². The summed E-state index contributed by atoms with van der Waals surface area (Å²) in [7, 11) is -3.78. The molecule has 1 amide bonds. The lowest BCUT2D eigenvalue weighted by Gasteiger charge is -2.04. The Hall–Kier alpha value is -1.77. The molecule has 1 heterocycles. The number of anilines is 1. The number of benzene rings is 1. The molecule has 3 N–H and O–H groups in total. The Morgan fingerprint density at radius 1 is 1.39 bits per heavy atom. The van der Waals surface area contributed by atoms with Gasteiger partial charge in [0.1, 0.15) is 5.69 Å². The van der Waals surface area contributed by atoms with Crippen LogP contribution in [0, 0.1) is 0 Å². The number of rotatable bonds is 3. The van der Waals surface area contributed by atoms with E-state index in [-0.39, 0.29) is 10.6 Å². The molecular formula is C10H9N3O3S2. The van der Waals surface area contributed by atoms with Crippen molar-refractivity contribution in [3.63, 3.8) is 0 Å². The molecule has 0 aliphatic carbocycles. The van der Waals surface area contributed by atoms with Gasteiger partial charge in [-0.1, -0.05) is 6.07 Å². The Morgan fingerprint density at radius 2 is 2.17 bits per heavy atom. The van der Waals surface area contributed by atoms with Crippen molar-refractivity contribution in [1.29, 1.82) is 0 Å². The van der Waals surface area contributed by atoms with Crippen LogP contribution in [-0.2, 0) is 10.0 Å². The SMILES string of the molecule is NS(=O)(=O)c1cccc(NC(=O)c2cscn2)c1. The third kappa shape index (κ3) is 2.92. The quantitative estimate of drug-likeness (QED) is 0.878. The van der Waals surface area contributed by atoms with E-state index in [9.17, 15) is 13.2 Å². The third-order valence-corrected chi connectivity index (χ3v) is 3.58. The first kappa shape index (κ1) is 12.7. The molecule has 8 heteroatoms. The monoisotopic (exact) mass is 283 g/mol. The van der Waals surface area contributed by atoms with E-state index in [4.69, 9.17) is 5.14 Å². The Morgan fingerprint density at radius 3 is 2.78 bits per heavy atom. The van der Waals surface area contributed by atoms with Gasteiger partial charge >= 0.3 is 0 Å². The van der Waals surface area contributed by atoms with Crippen LogP contribution in [0.3, 0.4) is 0 Å². The number of primary sulfonamides is 1. The molecule has 0 spiro atoms. The summed E-state index contributed by atoms with van der Waals surface area (Å²) in [5, 5.41) is 9.14. The Labute approximate surface area is 108 Å². The van der Waals surface area contributed by atoms with E-state index < -0.39 is 15.9 Å². The van der Waals surface area contributed by atoms with Crippen molar-refractivity contribution in [1.82, 2.24) is 4.98 Å². The van der Waals surface area contributed by atoms with Crippen molar-refractivity contribution < 1.29 is 13.2 Å². The zero-order valence-corrected chi connectivity index (χ0v) is 10.7. The van der Waals surface area contributed by atoms with Gasteiger partial charge < -0.3 is 5.32 Å². The summed E-state index contributed by atoms with van der Waals surface area (Å²) < 4.78 is 22.3. The number of nitrogens with zero attached hydrogens (tertiary/aromatic N) is 1. The summed E-state index contributed by atoms with van der Waals surface area (Å²) in [5.74, 6) is -0.400. The van der Waals surface area contributed by atoms with Gasteiger partial charge in [0.15, 0.2) is 0 Å². The first-order valence-corrected chi connectivity index (χ1v) is 7.28. The van der Waals surface area contributed by atoms with Gasteiger partial charge in [0, 0.05) is 11.1 Å². The minimum atomic E-state index is -3.78. The lowest BCUT2D eigenvalue weighted by atomic mass is 10.3. The molecule has 0 aliphatic rings. The first-order valence-electron chi connectivity index (χ1n) is 4.79. The van der Waals surface area contributed by atoms with Gasteiger partial charge in [0.25, 0.3) is 5.91 Å². The molecule has 0 saturated carbocycles. The predicted octanol–water partition coefficient (Wildman–Crippen LogP) is 1.04. The van der Waals surface area contributed by atoms with Gasteiger partial charge in [0.05, 0.1) is 10.4 Å². The van der Waals surface area contributed by atoms with Crippen LogP contribution in [0.5, 0.6) is 0 Å². The molecule has 0 saturated heterocycles. The number of sulfonamides is 1. The van der Waals surface area contributed by atoms with Gasteiger partial charge in [-0.2, -0.15) is 0 Å². The standard InChI is InChI=1S/C10H9N3O3S2/c11-18(15,16)8-3-1-2-7(4-8)13-10(14)9-5-17-6-12-9/h1-6H,(H,13,14)(H2,11,15,16). The summed E-state index contributed by atoms with van der Waals surface area (Å²) >= 11 is 1.30. The third-order valence-electron chi connectivity index (χ3n) is 2.09. The van der Waals surface area contributed by atoms with Gasteiger partial charge in [0.2, 0.25) is 10.0 Å². The van der Waals surface area contributed by atoms with E-state index in [0.717, 1.165) is 0 Å². The zero-order valence-electron chi connectivity index (χ0n) is 9.03. The number of amides is 1. The highest BCUT2D eigenvalue weighted by molar-refractivity contribution is 7.89. The molecule has 0 fully saturated rings. The molecule has 6 nitrogen and oxygen atoms in total. The number of thiazole rings is 1. The Kier molecular flexibility index (Phi) is 3.41. The maximum atomic E-state index is 11.7. The van der Waals surface area contributed by atoms with Crippen molar-refractivity contribution in [2.45, 2.75) is 4.90 Å². The van der Waals surface area contributed by atoms with Crippen molar-refractivity contribution >= 4 is 33.0 Å². The second-order valence-corrected chi connectivity index (χ2v) is 5.68. The zero-order chi connectivity index (χ0) is 13.2. The topological polar surface area (TPSA) is 102 Å². The number of carbonyl (C=O) groups is 1. The maximum Gasteiger partial charge on any atom is 0.275 e. The summed E-state index contributed by atoms with van der Waals surface area (Å²) in [5.41, 5.74) is 2.16. The van der Waals surface area contributed by atoms with Crippen LogP contribution in [0.4, 0.5) is 5.69 Å². The molecule has 2 aromatic rings. The van der Waals surface area contributed by atoms with Crippen LogP contribution < -0.4 is 10.5 Å². The van der Waals surface area contributed by atoms with Crippen LogP contribution in [0.25, 0.3) is 0 Å². The Balaban J connectivity index is 2.23. The highest BCUT2D eigenvalue weighted by Crippen LogP contribution is 2.15. The number of hydrogen-bond donors (Lipinski definition) is 2. The molecule has 0 aliphatic heterocycles. The molecule has 0 atom stereocenters. The second kappa shape index (κ2) is 4.84. The average molecular weight is 283 g/mol. The lowest BCUT2D eigenvalue weighted by Crippen LogP contribution is -2.15. The highest BCUT2D eigenvalue weighted by atomic mass is 32.2. The molecule has 0 radical (unpaired) electrons. The molecule has 2 rings (SSSR count). The Bertz CT molecular complexity index is 665.